The van der Waals surface area contributed by atoms with Crippen LogP contribution in [-0.2, 0) is 33.3 Å². The number of nitrogens with one attached hydrogen (secondary N) is 1. The number of esters is 2. The molecule has 0 aromatic rings. The summed E-state index contributed by atoms with van der Waals surface area (Å²) in [5.41, 5.74) is 0. The molecule has 0 bridgehead atoms. The molecule has 0 spiro atoms. The van der Waals surface area contributed by atoms with Gasteiger partial charge in [0.1, 0.15) is 12.6 Å². The Morgan fingerprint density at radius 2 is 1.81 bits per heavy atom. The fourth-order valence-electron chi connectivity index (χ4n) is 1.27. The van der Waals surface area contributed by atoms with E-state index in [0.717, 1.165) is 6.08 Å². The summed E-state index contributed by atoms with van der Waals surface area (Å²) in [4.78, 5) is 34.0. The Balaban J connectivity index is 4.29. The van der Waals surface area contributed by atoms with Gasteiger partial charge in [0, 0.05) is 13.2 Å². The van der Waals surface area contributed by atoms with Crippen molar-refractivity contribution in [2.45, 2.75) is 12.5 Å². The highest BCUT2D eigenvalue weighted by Gasteiger charge is 2.20. The number of amides is 1. The van der Waals surface area contributed by atoms with Crippen molar-refractivity contribution in [3.63, 3.8) is 0 Å². The molecule has 0 aromatic carbocycles. The van der Waals surface area contributed by atoms with Gasteiger partial charge >= 0.3 is 11.9 Å². The topological polar surface area (TPSA) is 100 Å². The second kappa shape index (κ2) is 11.9. The first kappa shape index (κ1) is 19.1. The van der Waals surface area contributed by atoms with Crippen molar-refractivity contribution in [1.29, 1.82) is 0 Å². The smallest absolute Gasteiger partial charge is 0.330 e. The second-order valence-corrected chi connectivity index (χ2v) is 3.85. The van der Waals surface area contributed by atoms with Crippen LogP contribution in [0.3, 0.4) is 0 Å². The molecule has 0 aliphatic rings. The van der Waals surface area contributed by atoms with Crippen molar-refractivity contribution >= 4 is 17.8 Å². The minimum absolute atomic E-state index is 0.103. The number of rotatable bonds is 10. The number of hydrogen-bond donors (Lipinski definition) is 1. The maximum Gasteiger partial charge on any atom is 0.330 e. The van der Waals surface area contributed by atoms with Crippen LogP contribution in [0, 0.1) is 0 Å². The number of ether oxygens (including phenoxy) is 4. The summed E-state index contributed by atoms with van der Waals surface area (Å²) in [5.74, 6) is -1.63. The van der Waals surface area contributed by atoms with Gasteiger partial charge in [-0.15, -0.1) is 0 Å². The number of hydrogen-bond acceptors (Lipinski definition) is 7. The fraction of sp³-hybridized carbons (Fsp3) is 0.615. The maximum atomic E-state index is 11.6. The molecular weight excluding hydrogens is 282 g/mol. The molecule has 0 unspecified atom stereocenters. The zero-order valence-electron chi connectivity index (χ0n) is 12.4. The van der Waals surface area contributed by atoms with Crippen molar-refractivity contribution in [3.8, 4) is 0 Å². The van der Waals surface area contributed by atoms with Crippen LogP contribution in [0.4, 0.5) is 0 Å². The van der Waals surface area contributed by atoms with Crippen molar-refractivity contribution in [3.05, 3.63) is 12.2 Å². The highest BCUT2D eigenvalue weighted by molar-refractivity contribution is 5.85. The van der Waals surface area contributed by atoms with E-state index in [9.17, 15) is 14.4 Å². The molecule has 1 amide bonds. The van der Waals surface area contributed by atoms with Gasteiger partial charge in [-0.3, -0.25) is 4.79 Å². The molecule has 0 saturated carbocycles. The van der Waals surface area contributed by atoms with Crippen LogP contribution in [0.25, 0.3) is 0 Å². The predicted molar refractivity (Wildman–Crippen MR) is 72.4 cm³/mol. The van der Waals surface area contributed by atoms with E-state index in [0.29, 0.717) is 6.61 Å². The summed E-state index contributed by atoms with van der Waals surface area (Å²) in [6.07, 6.45) is 2.68. The third-order valence-corrected chi connectivity index (χ3v) is 2.31. The van der Waals surface area contributed by atoms with Gasteiger partial charge in [-0.2, -0.15) is 0 Å². The second-order valence-electron chi connectivity index (χ2n) is 3.85. The molecule has 1 atom stereocenters. The Hall–Kier alpha value is -1.93. The number of carbonyl (C=O) groups is 3. The SMILES string of the molecule is COCCOCC(=O)N[C@H](C/C=C/C(=O)OC)C(=O)OC. The highest BCUT2D eigenvalue weighted by Crippen LogP contribution is 1.98. The summed E-state index contributed by atoms with van der Waals surface area (Å²) >= 11 is 0. The van der Waals surface area contributed by atoms with Crippen molar-refractivity contribution in [1.82, 2.24) is 5.32 Å². The quantitative estimate of drug-likeness (QED) is 0.327. The molecule has 8 nitrogen and oxygen atoms in total. The van der Waals surface area contributed by atoms with Crippen LogP contribution < -0.4 is 5.32 Å². The fourth-order valence-corrected chi connectivity index (χ4v) is 1.27. The molecule has 8 heteroatoms. The molecule has 0 saturated heterocycles. The molecule has 0 radical (unpaired) electrons. The Kier molecular flexibility index (Phi) is 10.8. The molecule has 0 heterocycles. The zero-order chi connectivity index (χ0) is 16.1. The number of carbonyl (C=O) groups excluding carboxylic acids is 3. The van der Waals surface area contributed by atoms with Crippen LogP contribution in [0.5, 0.6) is 0 Å². The maximum absolute atomic E-state index is 11.6. The molecule has 1 N–H and O–H groups in total. The predicted octanol–water partition coefficient (Wildman–Crippen LogP) is -0.573. The van der Waals surface area contributed by atoms with Gasteiger partial charge in [-0.05, 0) is 6.42 Å². The van der Waals surface area contributed by atoms with Gasteiger partial charge in [0.2, 0.25) is 5.91 Å². The molecule has 0 rings (SSSR count). The van der Waals surface area contributed by atoms with E-state index >= 15 is 0 Å². The molecule has 21 heavy (non-hydrogen) atoms. The van der Waals surface area contributed by atoms with E-state index < -0.39 is 23.9 Å². The van der Waals surface area contributed by atoms with E-state index in [1.807, 2.05) is 0 Å². The first-order valence-electron chi connectivity index (χ1n) is 6.23. The Labute approximate surface area is 123 Å². The van der Waals surface area contributed by atoms with E-state index in [-0.39, 0.29) is 19.6 Å². The monoisotopic (exact) mass is 303 g/mol. The van der Waals surface area contributed by atoms with Gasteiger partial charge in [-0.1, -0.05) is 6.08 Å². The highest BCUT2D eigenvalue weighted by atomic mass is 16.5. The van der Waals surface area contributed by atoms with E-state index in [1.165, 1.54) is 27.4 Å². The largest absolute Gasteiger partial charge is 0.467 e. The van der Waals surface area contributed by atoms with Crippen molar-refractivity contribution in [2.75, 3.05) is 41.2 Å². The molecule has 0 aliphatic carbocycles. The van der Waals surface area contributed by atoms with E-state index in [2.05, 4.69) is 14.8 Å². The van der Waals surface area contributed by atoms with Gasteiger partial charge in [-0.25, -0.2) is 9.59 Å². The number of methoxy groups -OCH3 is 3. The van der Waals surface area contributed by atoms with Crippen LogP contribution in [0.1, 0.15) is 6.42 Å². The normalized spacial score (nSPS) is 12.0. The van der Waals surface area contributed by atoms with Crippen molar-refractivity contribution in [2.24, 2.45) is 0 Å². The van der Waals surface area contributed by atoms with Crippen LogP contribution in [-0.4, -0.2) is 65.0 Å². The first-order chi connectivity index (χ1) is 10.0. The third kappa shape index (κ3) is 9.58. The van der Waals surface area contributed by atoms with E-state index in [4.69, 9.17) is 9.47 Å². The van der Waals surface area contributed by atoms with Gasteiger partial charge in [0.25, 0.3) is 0 Å². The summed E-state index contributed by atoms with van der Waals surface area (Å²) in [6.45, 7) is 0.447. The lowest BCUT2D eigenvalue weighted by atomic mass is 10.2. The Bertz CT molecular complexity index is 368. The van der Waals surface area contributed by atoms with Gasteiger partial charge < -0.3 is 24.3 Å². The summed E-state index contributed by atoms with van der Waals surface area (Å²) < 4.78 is 18.8. The lowest BCUT2D eigenvalue weighted by molar-refractivity contribution is -0.145. The summed E-state index contributed by atoms with van der Waals surface area (Å²) in [7, 11) is 3.97. The molecule has 0 aliphatic heterocycles. The van der Waals surface area contributed by atoms with Crippen LogP contribution in [0.15, 0.2) is 12.2 Å². The van der Waals surface area contributed by atoms with Crippen LogP contribution in [0.2, 0.25) is 0 Å². The van der Waals surface area contributed by atoms with Crippen molar-refractivity contribution < 1.29 is 33.3 Å². The minimum atomic E-state index is -0.894. The average Bonchev–Trinajstić information content (AvgIpc) is 2.49. The Morgan fingerprint density at radius 3 is 2.38 bits per heavy atom. The molecule has 0 aromatic heterocycles. The van der Waals surface area contributed by atoms with Crippen LogP contribution >= 0.6 is 0 Å². The average molecular weight is 303 g/mol. The third-order valence-electron chi connectivity index (χ3n) is 2.31. The van der Waals surface area contributed by atoms with Gasteiger partial charge in [0.15, 0.2) is 0 Å². The lowest BCUT2D eigenvalue weighted by Crippen LogP contribution is -2.43. The molecule has 0 fully saturated rings. The molecule has 120 valence electrons. The molecular formula is C13H21NO7. The Morgan fingerprint density at radius 1 is 1.10 bits per heavy atom. The first-order valence-corrected chi connectivity index (χ1v) is 6.23. The standard InChI is InChI=1S/C13H21NO7/c1-18-7-8-21-9-11(15)14-10(13(17)20-3)5-4-6-12(16)19-2/h4,6,10H,5,7-9H2,1-3H3,(H,14,15)/b6-4+/t10-/m1/s1. The van der Waals surface area contributed by atoms with E-state index in [1.54, 1.807) is 0 Å². The summed E-state index contributed by atoms with van der Waals surface area (Å²) in [6, 6.07) is -0.894. The minimum Gasteiger partial charge on any atom is -0.467 e. The lowest BCUT2D eigenvalue weighted by Gasteiger charge is -2.14. The summed E-state index contributed by atoms with van der Waals surface area (Å²) in [5, 5.41) is 2.45. The van der Waals surface area contributed by atoms with Gasteiger partial charge in [0.05, 0.1) is 27.4 Å². The zero-order valence-corrected chi connectivity index (χ0v) is 12.4.